The van der Waals surface area contributed by atoms with E-state index in [9.17, 15) is 14.7 Å². The number of H-pyrrole nitrogens is 1. The zero-order chi connectivity index (χ0) is 26.6. The minimum atomic E-state index is -0.746. The van der Waals surface area contributed by atoms with Crippen LogP contribution >= 0.6 is 11.8 Å². The summed E-state index contributed by atoms with van der Waals surface area (Å²) < 4.78 is 5.24. The van der Waals surface area contributed by atoms with Crippen LogP contribution in [-0.2, 0) is 34.6 Å². The molecule has 2 heterocycles. The number of phenolic OH excluding ortho intramolecular Hbond substituents is 1. The van der Waals surface area contributed by atoms with Gasteiger partial charge in [-0.25, -0.2) is 0 Å². The maximum absolute atomic E-state index is 13.7. The number of nitrogens with one attached hydrogen (secondary N) is 2. The van der Waals surface area contributed by atoms with Crippen molar-refractivity contribution >= 4 is 40.2 Å². The molecule has 38 heavy (non-hydrogen) atoms. The summed E-state index contributed by atoms with van der Waals surface area (Å²) in [4.78, 5) is 32.2. The van der Waals surface area contributed by atoms with Crippen LogP contribution in [0.1, 0.15) is 22.4 Å². The highest BCUT2D eigenvalue weighted by molar-refractivity contribution is 7.98. The fraction of sp³-hybridized carbons (Fsp3) is 0.267. The molecule has 7 nitrogen and oxygen atoms in total. The summed E-state index contributed by atoms with van der Waals surface area (Å²) in [5.41, 5.74) is 5.62. The number of phenols is 1. The smallest absolute Gasteiger partial charge is 0.249 e. The summed E-state index contributed by atoms with van der Waals surface area (Å²) in [6.07, 6.45) is 1.40. The van der Waals surface area contributed by atoms with Crippen molar-refractivity contribution in [3.05, 3.63) is 89.1 Å². The predicted molar refractivity (Wildman–Crippen MR) is 152 cm³/mol. The molecule has 5 rings (SSSR count). The number of hydrogen-bond acceptors (Lipinski definition) is 5. The maximum Gasteiger partial charge on any atom is 0.249 e. The van der Waals surface area contributed by atoms with Crippen LogP contribution in [0.3, 0.4) is 0 Å². The molecule has 1 aromatic heterocycles. The van der Waals surface area contributed by atoms with Crippen LogP contribution in [0, 0.1) is 0 Å². The van der Waals surface area contributed by atoms with E-state index in [1.807, 2.05) is 42.1 Å². The van der Waals surface area contributed by atoms with E-state index < -0.39 is 6.04 Å². The van der Waals surface area contributed by atoms with E-state index in [2.05, 4.69) is 22.4 Å². The van der Waals surface area contributed by atoms with Gasteiger partial charge in [-0.3, -0.25) is 9.59 Å². The first kappa shape index (κ1) is 25.7. The minimum Gasteiger partial charge on any atom is -0.508 e. The average Bonchev–Trinajstić information content (AvgIpc) is 3.25. The van der Waals surface area contributed by atoms with E-state index in [-0.39, 0.29) is 24.0 Å². The number of aromatic nitrogens is 1. The van der Waals surface area contributed by atoms with E-state index in [0.29, 0.717) is 17.9 Å². The number of hydrogen-bond donors (Lipinski definition) is 3. The van der Waals surface area contributed by atoms with Crippen LogP contribution in [0.4, 0.5) is 5.69 Å². The molecule has 3 N–H and O–H groups in total. The number of fused-ring (bicyclic) bond motifs is 5. The van der Waals surface area contributed by atoms with Crippen molar-refractivity contribution in [2.24, 2.45) is 0 Å². The Balaban J connectivity index is 1.48. The van der Waals surface area contributed by atoms with Crippen molar-refractivity contribution in [3.8, 4) is 11.5 Å². The molecule has 8 heteroatoms. The number of methoxy groups -OCH3 is 1. The third kappa shape index (κ3) is 5.65. The standard InChI is InChI=1S/C30H31N3O4S/c1-33(21-6-9-23(37-2)10-7-21)30(36)27-15-20-5-3-4-19(14-20)12-13-38-18-28-25(17-29(35)32-27)24-16-22(34)8-11-26(24)31-28/h3-11,14,16,27,31,34H,12-13,15,17-18H2,1-2H3,(H,32,35)/t27-/m0/s1. The van der Waals surface area contributed by atoms with Gasteiger partial charge in [-0.15, -0.1) is 0 Å². The van der Waals surface area contributed by atoms with Gasteiger partial charge in [-0.05, 0) is 71.3 Å². The van der Waals surface area contributed by atoms with E-state index in [0.717, 1.165) is 45.7 Å². The number of aromatic amines is 1. The molecule has 0 fully saturated rings. The van der Waals surface area contributed by atoms with Crippen molar-refractivity contribution in [1.29, 1.82) is 0 Å². The largest absolute Gasteiger partial charge is 0.508 e. The first-order valence-corrected chi connectivity index (χ1v) is 13.8. The number of carbonyl (C=O) groups excluding carboxylic acids is 2. The van der Waals surface area contributed by atoms with Crippen LogP contribution < -0.4 is 15.0 Å². The fourth-order valence-corrected chi connectivity index (χ4v) is 5.88. The molecule has 0 aliphatic carbocycles. The van der Waals surface area contributed by atoms with Crippen LogP contribution in [0.15, 0.2) is 66.7 Å². The second kappa shape index (κ2) is 11.2. The highest BCUT2D eigenvalue weighted by Gasteiger charge is 2.27. The summed E-state index contributed by atoms with van der Waals surface area (Å²) in [5.74, 6) is 2.07. The zero-order valence-corrected chi connectivity index (χ0v) is 22.3. The van der Waals surface area contributed by atoms with Crippen LogP contribution in [0.2, 0.25) is 0 Å². The monoisotopic (exact) mass is 529 g/mol. The number of amides is 2. The summed E-state index contributed by atoms with van der Waals surface area (Å²) >= 11 is 1.81. The van der Waals surface area contributed by atoms with E-state index in [1.165, 1.54) is 5.56 Å². The molecule has 2 bridgehead atoms. The number of benzene rings is 3. The number of anilines is 1. The molecule has 0 unspecified atom stereocenters. The number of thioether (sulfide) groups is 1. The lowest BCUT2D eigenvalue weighted by Crippen LogP contribution is -2.49. The summed E-state index contributed by atoms with van der Waals surface area (Å²) in [5, 5.41) is 14.0. The first-order valence-electron chi connectivity index (χ1n) is 12.6. The van der Waals surface area contributed by atoms with Gasteiger partial charge < -0.3 is 25.0 Å². The normalized spacial score (nSPS) is 16.3. The van der Waals surface area contributed by atoms with Crippen LogP contribution in [0.5, 0.6) is 11.5 Å². The number of aryl methyl sites for hydroxylation is 1. The molecule has 0 saturated heterocycles. The second-order valence-corrected chi connectivity index (χ2v) is 10.6. The molecule has 1 aliphatic rings. The van der Waals surface area contributed by atoms with Gasteiger partial charge in [0.15, 0.2) is 0 Å². The first-order chi connectivity index (χ1) is 18.4. The van der Waals surface area contributed by atoms with Crippen LogP contribution in [-0.4, -0.2) is 47.9 Å². The Kier molecular flexibility index (Phi) is 7.60. The number of carbonyl (C=O) groups is 2. The molecule has 1 atom stereocenters. The van der Waals surface area contributed by atoms with Gasteiger partial charge >= 0.3 is 0 Å². The average molecular weight is 530 g/mol. The lowest BCUT2D eigenvalue weighted by atomic mass is 10.0. The van der Waals surface area contributed by atoms with Gasteiger partial charge in [0, 0.05) is 41.5 Å². The summed E-state index contributed by atoms with van der Waals surface area (Å²) in [7, 11) is 3.32. The Bertz CT molecular complexity index is 1460. The van der Waals surface area contributed by atoms with E-state index >= 15 is 0 Å². The number of likely N-dealkylation sites (N-methyl/N-ethyl adjacent to an activating group) is 1. The second-order valence-electron chi connectivity index (χ2n) is 9.53. The molecule has 0 saturated carbocycles. The van der Waals surface area contributed by atoms with Gasteiger partial charge in [0.1, 0.15) is 17.5 Å². The van der Waals surface area contributed by atoms with E-state index in [1.54, 1.807) is 43.3 Å². The third-order valence-corrected chi connectivity index (χ3v) is 7.94. The Hall–Kier alpha value is -3.91. The molecule has 4 aromatic rings. The molecule has 1 aliphatic heterocycles. The van der Waals surface area contributed by atoms with Gasteiger partial charge in [0.05, 0.1) is 13.5 Å². The highest BCUT2D eigenvalue weighted by atomic mass is 32.2. The lowest BCUT2D eigenvalue weighted by Gasteiger charge is -2.25. The van der Waals surface area contributed by atoms with Crippen molar-refractivity contribution in [2.75, 3.05) is 24.8 Å². The fourth-order valence-electron chi connectivity index (χ4n) is 4.90. The molecule has 196 valence electrons. The number of ether oxygens (including phenoxy) is 1. The SMILES string of the molecule is COc1ccc(N(C)C(=O)[C@@H]2Cc3cccc(c3)CCSCc3[nH]c4ccc(O)cc4c3CC(=O)N2)cc1. The molecule has 0 spiro atoms. The quantitative estimate of drug-likeness (QED) is 0.361. The zero-order valence-electron chi connectivity index (χ0n) is 21.5. The third-order valence-electron chi connectivity index (χ3n) is 6.95. The molecular formula is C30H31N3O4S. The number of nitrogens with zero attached hydrogens (tertiary/aromatic N) is 1. The number of rotatable bonds is 3. The van der Waals surface area contributed by atoms with Crippen molar-refractivity contribution < 1.29 is 19.4 Å². The molecule has 2 amide bonds. The molecule has 0 radical (unpaired) electrons. The molecule has 3 aromatic carbocycles. The molecular weight excluding hydrogens is 498 g/mol. The maximum atomic E-state index is 13.7. The Labute approximate surface area is 226 Å². The lowest BCUT2D eigenvalue weighted by molar-refractivity contribution is -0.127. The van der Waals surface area contributed by atoms with Crippen molar-refractivity contribution in [3.63, 3.8) is 0 Å². The highest BCUT2D eigenvalue weighted by Crippen LogP contribution is 2.29. The van der Waals surface area contributed by atoms with Gasteiger partial charge in [0.25, 0.3) is 0 Å². The Morgan fingerprint density at radius 3 is 2.66 bits per heavy atom. The van der Waals surface area contributed by atoms with Crippen LogP contribution in [0.25, 0.3) is 10.9 Å². The summed E-state index contributed by atoms with van der Waals surface area (Å²) in [6.45, 7) is 0. The topological polar surface area (TPSA) is 94.7 Å². The number of aromatic hydroxyl groups is 1. The van der Waals surface area contributed by atoms with Gasteiger partial charge in [-0.2, -0.15) is 11.8 Å². The summed E-state index contributed by atoms with van der Waals surface area (Å²) in [6, 6.07) is 19.9. The Morgan fingerprint density at radius 1 is 1.08 bits per heavy atom. The minimum absolute atomic E-state index is 0.107. The van der Waals surface area contributed by atoms with E-state index in [4.69, 9.17) is 4.74 Å². The van der Waals surface area contributed by atoms with Gasteiger partial charge in [-0.1, -0.05) is 24.3 Å². The van der Waals surface area contributed by atoms with Gasteiger partial charge in [0.2, 0.25) is 11.8 Å². The Morgan fingerprint density at radius 2 is 1.87 bits per heavy atom. The van der Waals surface area contributed by atoms with Crippen molar-refractivity contribution in [2.45, 2.75) is 31.1 Å². The van der Waals surface area contributed by atoms with Crippen molar-refractivity contribution in [1.82, 2.24) is 10.3 Å². The predicted octanol–water partition coefficient (Wildman–Crippen LogP) is 4.60.